The average molecular weight is 488 g/mol. The molecule has 1 heterocycles. The third kappa shape index (κ3) is 6.21. The van der Waals surface area contributed by atoms with Gasteiger partial charge in [-0.1, -0.05) is 29.8 Å². The quantitative estimate of drug-likeness (QED) is 0.162. The summed E-state index contributed by atoms with van der Waals surface area (Å²) in [5.74, 6) is -1.06. The number of nitrogens with zero attached hydrogens (tertiary/aromatic N) is 1. The van der Waals surface area contributed by atoms with Crippen molar-refractivity contribution in [2.24, 2.45) is 5.10 Å². The van der Waals surface area contributed by atoms with Gasteiger partial charge in [0.05, 0.1) is 18.0 Å². The maximum absolute atomic E-state index is 12.5. The second-order valence-electron chi connectivity index (χ2n) is 7.15. The highest BCUT2D eigenvalue weighted by atomic mass is 35.5. The van der Waals surface area contributed by atoms with E-state index in [0.29, 0.717) is 21.8 Å². The molecule has 35 heavy (non-hydrogen) atoms. The number of hydrogen-bond acceptors (Lipinski definition) is 6. The van der Waals surface area contributed by atoms with Crippen LogP contribution in [-0.4, -0.2) is 24.0 Å². The zero-order valence-corrected chi connectivity index (χ0v) is 18.9. The lowest BCUT2D eigenvalue weighted by Gasteiger charge is -2.08. The van der Waals surface area contributed by atoms with Crippen LogP contribution in [0.4, 0.5) is 5.69 Å². The van der Waals surface area contributed by atoms with Crippen LogP contribution in [0, 0.1) is 0 Å². The Balaban J connectivity index is 1.40. The Morgan fingerprint density at radius 2 is 1.66 bits per heavy atom. The van der Waals surface area contributed by atoms with Gasteiger partial charge in [0.25, 0.3) is 11.8 Å². The van der Waals surface area contributed by atoms with Gasteiger partial charge in [0.1, 0.15) is 5.75 Å². The first-order valence-electron chi connectivity index (χ1n) is 10.3. The smallest absolute Gasteiger partial charge is 0.343 e. The van der Waals surface area contributed by atoms with E-state index < -0.39 is 17.8 Å². The summed E-state index contributed by atoms with van der Waals surface area (Å²) in [7, 11) is 0. The molecule has 0 aliphatic rings. The summed E-state index contributed by atoms with van der Waals surface area (Å²) in [6, 6.07) is 22.6. The van der Waals surface area contributed by atoms with Crippen molar-refractivity contribution < 1.29 is 23.5 Å². The van der Waals surface area contributed by atoms with E-state index in [4.69, 9.17) is 20.8 Å². The lowest BCUT2D eigenvalue weighted by Crippen LogP contribution is -2.18. The molecule has 0 bridgehead atoms. The molecule has 0 aliphatic carbocycles. The van der Waals surface area contributed by atoms with Gasteiger partial charge in [0.2, 0.25) is 0 Å². The lowest BCUT2D eigenvalue weighted by molar-refractivity contribution is 0.0734. The average Bonchev–Trinajstić information content (AvgIpc) is 3.41. The molecule has 8 nitrogen and oxygen atoms in total. The molecule has 4 rings (SSSR count). The first-order valence-corrected chi connectivity index (χ1v) is 10.7. The largest absolute Gasteiger partial charge is 0.459 e. The highest BCUT2D eigenvalue weighted by molar-refractivity contribution is 6.30. The number of furan rings is 1. The number of rotatable bonds is 7. The number of carbonyl (C=O) groups is 3. The van der Waals surface area contributed by atoms with E-state index in [9.17, 15) is 14.4 Å². The standard InChI is InChI=1S/C26H18ClN3O5/c27-20-12-10-17(11-13-20)26(33)35-22-8-2-1-5-19(22)16-28-30-24(31)18-6-3-7-21(15-18)29-25(32)23-9-4-14-34-23/h1-16H,(H,29,32)(H,30,31). The normalized spacial score (nSPS) is 10.7. The van der Waals surface area contributed by atoms with Crippen LogP contribution in [0.2, 0.25) is 5.02 Å². The Bertz CT molecular complexity index is 1380. The number of anilines is 1. The third-order valence-electron chi connectivity index (χ3n) is 4.70. The fraction of sp³-hybridized carbons (Fsp3) is 0. The molecule has 2 amide bonds. The molecular weight excluding hydrogens is 470 g/mol. The predicted molar refractivity (Wildman–Crippen MR) is 131 cm³/mol. The zero-order valence-electron chi connectivity index (χ0n) is 18.1. The van der Waals surface area contributed by atoms with E-state index in [1.807, 2.05) is 0 Å². The molecule has 0 spiro atoms. The molecule has 0 unspecified atom stereocenters. The Labute approximate surface area is 205 Å². The highest BCUT2D eigenvalue weighted by Gasteiger charge is 2.12. The van der Waals surface area contributed by atoms with Crippen molar-refractivity contribution in [3.8, 4) is 5.75 Å². The number of hydrazone groups is 1. The fourth-order valence-electron chi connectivity index (χ4n) is 2.99. The highest BCUT2D eigenvalue weighted by Crippen LogP contribution is 2.19. The Kier molecular flexibility index (Phi) is 7.34. The van der Waals surface area contributed by atoms with Crippen molar-refractivity contribution in [2.45, 2.75) is 0 Å². The molecule has 4 aromatic rings. The van der Waals surface area contributed by atoms with Crippen molar-refractivity contribution in [3.05, 3.63) is 119 Å². The first kappa shape index (κ1) is 23.5. The SMILES string of the molecule is O=C(NN=Cc1ccccc1OC(=O)c1ccc(Cl)cc1)c1cccc(NC(=O)c2ccco2)c1. The number of amides is 2. The van der Waals surface area contributed by atoms with Crippen molar-refractivity contribution in [3.63, 3.8) is 0 Å². The van der Waals surface area contributed by atoms with Crippen molar-refractivity contribution in [2.75, 3.05) is 5.32 Å². The molecule has 0 saturated carbocycles. The van der Waals surface area contributed by atoms with Gasteiger partial charge in [-0.05, 0) is 66.7 Å². The van der Waals surface area contributed by atoms with E-state index in [-0.39, 0.29) is 17.1 Å². The van der Waals surface area contributed by atoms with E-state index in [1.165, 1.54) is 24.6 Å². The van der Waals surface area contributed by atoms with Crippen LogP contribution in [0.15, 0.2) is 101 Å². The van der Waals surface area contributed by atoms with Crippen LogP contribution in [0.3, 0.4) is 0 Å². The van der Waals surface area contributed by atoms with Crippen LogP contribution in [0.1, 0.15) is 36.8 Å². The van der Waals surface area contributed by atoms with Crippen LogP contribution in [-0.2, 0) is 0 Å². The second-order valence-corrected chi connectivity index (χ2v) is 7.58. The number of benzene rings is 3. The van der Waals surface area contributed by atoms with E-state index in [1.54, 1.807) is 72.8 Å². The Morgan fingerprint density at radius 1 is 0.857 bits per heavy atom. The van der Waals surface area contributed by atoms with E-state index >= 15 is 0 Å². The first-order chi connectivity index (χ1) is 17.0. The maximum atomic E-state index is 12.5. The fourth-order valence-corrected chi connectivity index (χ4v) is 3.11. The van der Waals surface area contributed by atoms with Crippen molar-refractivity contribution in [1.82, 2.24) is 5.43 Å². The molecule has 1 aromatic heterocycles. The number of nitrogens with one attached hydrogen (secondary N) is 2. The number of carbonyl (C=O) groups excluding carboxylic acids is 3. The summed E-state index contributed by atoms with van der Waals surface area (Å²) in [5, 5.41) is 7.13. The molecule has 0 aliphatic heterocycles. The lowest BCUT2D eigenvalue weighted by atomic mass is 10.2. The van der Waals surface area contributed by atoms with Gasteiger partial charge in [-0.3, -0.25) is 9.59 Å². The Hall–Kier alpha value is -4.69. The number of para-hydroxylation sites is 1. The predicted octanol–water partition coefficient (Wildman–Crippen LogP) is 5.17. The van der Waals surface area contributed by atoms with Gasteiger partial charge < -0.3 is 14.5 Å². The summed E-state index contributed by atoms with van der Waals surface area (Å²) in [6.07, 6.45) is 2.76. The monoisotopic (exact) mass is 487 g/mol. The molecule has 2 N–H and O–H groups in total. The van der Waals surface area contributed by atoms with Crippen LogP contribution >= 0.6 is 11.6 Å². The number of halogens is 1. The molecule has 0 fully saturated rings. The minimum atomic E-state index is -0.556. The molecule has 0 radical (unpaired) electrons. The van der Waals surface area contributed by atoms with E-state index in [0.717, 1.165) is 0 Å². The van der Waals surface area contributed by atoms with E-state index in [2.05, 4.69) is 15.8 Å². The molecule has 0 atom stereocenters. The topological polar surface area (TPSA) is 110 Å². The minimum Gasteiger partial charge on any atom is -0.459 e. The third-order valence-corrected chi connectivity index (χ3v) is 4.95. The van der Waals surface area contributed by atoms with Gasteiger partial charge in [-0.2, -0.15) is 5.10 Å². The summed E-state index contributed by atoms with van der Waals surface area (Å²) < 4.78 is 10.5. The van der Waals surface area contributed by atoms with Gasteiger partial charge in [0.15, 0.2) is 5.76 Å². The molecule has 174 valence electrons. The van der Waals surface area contributed by atoms with Gasteiger partial charge in [0, 0.05) is 21.8 Å². The minimum absolute atomic E-state index is 0.153. The summed E-state index contributed by atoms with van der Waals surface area (Å²) >= 11 is 5.85. The molecular formula is C26H18ClN3O5. The Morgan fingerprint density at radius 3 is 2.43 bits per heavy atom. The summed E-state index contributed by atoms with van der Waals surface area (Å²) in [5.41, 5.74) is 3.94. The summed E-state index contributed by atoms with van der Waals surface area (Å²) in [4.78, 5) is 37.1. The molecule has 3 aromatic carbocycles. The number of ether oxygens (including phenoxy) is 1. The second kappa shape index (κ2) is 11.0. The van der Waals surface area contributed by atoms with Crippen LogP contribution < -0.4 is 15.5 Å². The maximum Gasteiger partial charge on any atom is 0.343 e. The van der Waals surface area contributed by atoms with Crippen LogP contribution in [0.5, 0.6) is 5.75 Å². The van der Waals surface area contributed by atoms with Crippen LogP contribution in [0.25, 0.3) is 0 Å². The van der Waals surface area contributed by atoms with Gasteiger partial charge >= 0.3 is 5.97 Å². The number of hydrogen-bond donors (Lipinski definition) is 2. The molecule has 9 heteroatoms. The number of esters is 1. The van der Waals surface area contributed by atoms with Gasteiger partial charge in [-0.15, -0.1) is 0 Å². The summed E-state index contributed by atoms with van der Waals surface area (Å²) in [6.45, 7) is 0. The molecule has 0 saturated heterocycles. The van der Waals surface area contributed by atoms with Crippen molar-refractivity contribution >= 4 is 41.3 Å². The zero-order chi connectivity index (χ0) is 24.6. The van der Waals surface area contributed by atoms with Gasteiger partial charge in [-0.25, -0.2) is 10.2 Å². The van der Waals surface area contributed by atoms with Crippen molar-refractivity contribution in [1.29, 1.82) is 0 Å².